The van der Waals surface area contributed by atoms with Gasteiger partial charge in [0.2, 0.25) is 0 Å². The van der Waals surface area contributed by atoms with E-state index in [2.05, 4.69) is 20.3 Å². The molecular weight excluding hydrogens is 394 g/mol. The zero-order valence-corrected chi connectivity index (χ0v) is 16.7. The quantitative estimate of drug-likeness (QED) is 0.334. The molecule has 1 N–H and O–H groups in total. The fourth-order valence-electron chi connectivity index (χ4n) is 1.94. The molecule has 0 aromatic heterocycles. The maximum atomic E-state index is 11.7. The third-order valence-electron chi connectivity index (χ3n) is 3.09. The smallest absolute Gasteiger partial charge is 0.331 e. The van der Waals surface area contributed by atoms with Crippen LogP contribution in [0.25, 0.3) is 0 Å². The van der Waals surface area contributed by atoms with E-state index in [-0.39, 0.29) is 16.2 Å². The second kappa shape index (κ2) is 9.43. The number of carbonyl (C=O) groups is 2. The summed E-state index contributed by atoms with van der Waals surface area (Å²) in [7, 11) is 2.75. The number of hydrogen-bond donors (Lipinski definition) is 1. The van der Waals surface area contributed by atoms with Crippen LogP contribution < -0.4 is 14.8 Å². The topological polar surface area (TPSA) is 98.6 Å². The minimum Gasteiger partial charge on any atom is -0.493 e. The summed E-state index contributed by atoms with van der Waals surface area (Å²) < 4.78 is 15.4. The predicted octanol–water partition coefficient (Wildman–Crippen LogP) is 2.75. The number of hydrogen-bond acceptors (Lipinski definition) is 8. The number of benzene rings is 1. The number of nitrogens with one attached hydrogen (secondary N) is 1. The Balaban J connectivity index is 2.16. The summed E-state index contributed by atoms with van der Waals surface area (Å²) in [4.78, 5) is 23.1. The number of amidine groups is 1. The normalized spacial score (nSPS) is 17.0. The molecule has 0 radical (unpaired) electrons. The molecular formula is C17H18ClN3O5S. The van der Waals surface area contributed by atoms with Crippen LogP contribution in [0.3, 0.4) is 0 Å². The summed E-state index contributed by atoms with van der Waals surface area (Å²) in [6.45, 7) is 3.80. The SMILES string of the molecule is COC(=O)/C=C1/S/C(=N\N=Cc2cc(OC)c(OC(C)C)cc2Cl)NC1=O. The summed E-state index contributed by atoms with van der Waals surface area (Å²) in [5, 5.41) is 11.0. The molecule has 1 amide bonds. The van der Waals surface area contributed by atoms with E-state index in [9.17, 15) is 9.59 Å². The number of esters is 1. The van der Waals surface area contributed by atoms with Gasteiger partial charge in [-0.15, -0.1) is 5.10 Å². The predicted molar refractivity (Wildman–Crippen MR) is 105 cm³/mol. The molecule has 0 saturated carbocycles. The van der Waals surface area contributed by atoms with Crippen molar-refractivity contribution >= 4 is 46.6 Å². The lowest BCUT2D eigenvalue weighted by molar-refractivity contribution is -0.135. The van der Waals surface area contributed by atoms with Gasteiger partial charge < -0.3 is 14.2 Å². The van der Waals surface area contributed by atoms with E-state index >= 15 is 0 Å². The van der Waals surface area contributed by atoms with E-state index < -0.39 is 11.9 Å². The van der Waals surface area contributed by atoms with Gasteiger partial charge in [-0.2, -0.15) is 5.10 Å². The fourth-order valence-corrected chi connectivity index (χ4v) is 2.88. The number of halogens is 1. The number of methoxy groups -OCH3 is 2. The largest absolute Gasteiger partial charge is 0.493 e. The molecule has 0 aliphatic carbocycles. The first kappa shape index (κ1) is 20.8. The molecule has 0 bridgehead atoms. The first-order valence-corrected chi connectivity index (χ1v) is 8.97. The minimum absolute atomic E-state index is 0.0314. The van der Waals surface area contributed by atoms with Crippen LogP contribution in [0.5, 0.6) is 11.5 Å². The summed E-state index contributed by atoms with van der Waals surface area (Å²) in [6.07, 6.45) is 2.48. The molecule has 144 valence electrons. The lowest BCUT2D eigenvalue weighted by Gasteiger charge is -2.14. The van der Waals surface area contributed by atoms with Gasteiger partial charge in [-0.3, -0.25) is 10.1 Å². The minimum atomic E-state index is -0.625. The van der Waals surface area contributed by atoms with Crippen LogP contribution in [0.4, 0.5) is 0 Å². The second-order valence-electron chi connectivity index (χ2n) is 5.43. The van der Waals surface area contributed by atoms with Gasteiger partial charge in [-0.05, 0) is 31.7 Å². The summed E-state index contributed by atoms with van der Waals surface area (Å²) >= 11 is 7.22. The summed E-state index contributed by atoms with van der Waals surface area (Å²) in [6, 6.07) is 3.31. The molecule has 1 aromatic carbocycles. The van der Waals surface area contributed by atoms with Crippen molar-refractivity contribution in [3.8, 4) is 11.5 Å². The molecule has 1 fully saturated rings. The molecule has 2 rings (SSSR count). The Morgan fingerprint density at radius 3 is 2.67 bits per heavy atom. The maximum absolute atomic E-state index is 11.7. The van der Waals surface area contributed by atoms with Crippen molar-refractivity contribution in [2.24, 2.45) is 10.2 Å². The van der Waals surface area contributed by atoms with Crippen molar-refractivity contribution in [1.82, 2.24) is 5.32 Å². The summed E-state index contributed by atoms with van der Waals surface area (Å²) in [5.74, 6) is -0.0413. The molecule has 8 nitrogen and oxygen atoms in total. The van der Waals surface area contributed by atoms with Crippen LogP contribution in [-0.4, -0.2) is 43.6 Å². The van der Waals surface area contributed by atoms with Gasteiger partial charge in [0.1, 0.15) is 0 Å². The molecule has 1 aliphatic heterocycles. The molecule has 27 heavy (non-hydrogen) atoms. The number of thioether (sulfide) groups is 1. The van der Waals surface area contributed by atoms with E-state index in [1.54, 1.807) is 12.1 Å². The third kappa shape index (κ3) is 5.73. The van der Waals surface area contributed by atoms with E-state index in [1.165, 1.54) is 20.4 Å². The number of amides is 1. The number of nitrogens with zero attached hydrogens (tertiary/aromatic N) is 2. The monoisotopic (exact) mass is 411 g/mol. The third-order valence-corrected chi connectivity index (χ3v) is 4.32. The number of ether oxygens (including phenoxy) is 3. The van der Waals surface area contributed by atoms with E-state index in [4.69, 9.17) is 21.1 Å². The Hall–Kier alpha value is -2.52. The van der Waals surface area contributed by atoms with E-state index in [0.29, 0.717) is 22.1 Å². The van der Waals surface area contributed by atoms with Crippen LogP contribution >= 0.6 is 23.4 Å². The van der Waals surface area contributed by atoms with Crippen LogP contribution in [0, 0.1) is 0 Å². The van der Waals surface area contributed by atoms with Gasteiger partial charge in [0.25, 0.3) is 5.91 Å². The van der Waals surface area contributed by atoms with Gasteiger partial charge in [0.05, 0.1) is 36.5 Å². The highest BCUT2D eigenvalue weighted by Gasteiger charge is 2.25. The Bertz CT molecular complexity index is 836. The lowest BCUT2D eigenvalue weighted by atomic mass is 10.2. The highest BCUT2D eigenvalue weighted by atomic mass is 35.5. The highest BCUT2D eigenvalue weighted by molar-refractivity contribution is 8.18. The molecule has 1 aliphatic rings. The Labute approximate surface area is 165 Å². The van der Waals surface area contributed by atoms with Gasteiger partial charge in [0.15, 0.2) is 16.7 Å². The van der Waals surface area contributed by atoms with E-state index in [1.807, 2.05) is 13.8 Å². The summed E-state index contributed by atoms with van der Waals surface area (Å²) in [5.41, 5.74) is 0.564. The molecule has 1 aromatic rings. The highest BCUT2D eigenvalue weighted by Crippen LogP contribution is 2.33. The van der Waals surface area contributed by atoms with Crippen molar-refractivity contribution < 1.29 is 23.8 Å². The van der Waals surface area contributed by atoms with Gasteiger partial charge in [-0.1, -0.05) is 11.6 Å². The molecule has 0 unspecified atom stereocenters. The van der Waals surface area contributed by atoms with E-state index in [0.717, 1.165) is 17.8 Å². The van der Waals surface area contributed by atoms with Crippen molar-refractivity contribution in [2.45, 2.75) is 20.0 Å². The van der Waals surface area contributed by atoms with Crippen molar-refractivity contribution in [1.29, 1.82) is 0 Å². The zero-order chi connectivity index (χ0) is 20.0. The Kier molecular flexibility index (Phi) is 7.26. The fraction of sp³-hybridized carbons (Fsp3) is 0.294. The Morgan fingerprint density at radius 2 is 2.04 bits per heavy atom. The molecule has 0 spiro atoms. The average Bonchev–Trinajstić information content (AvgIpc) is 2.95. The number of carbonyl (C=O) groups excluding carboxylic acids is 2. The number of rotatable bonds is 6. The van der Waals surface area contributed by atoms with Crippen molar-refractivity contribution in [3.05, 3.63) is 33.7 Å². The molecule has 1 saturated heterocycles. The average molecular weight is 412 g/mol. The van der Waals surface area contributed by atoms with Crippen LogP contribution in [0.1, 0.15) is 19.4 Å². The molecule has 10 heteroatoms. The van der Waals surface area contributed by atoms with Gasteiger partial charge in [0, 0.05) is 17.7 Å². The lowest BCUT2D eigenvalue weighted by Crippen LogP contribution is -2.19. The maximum Gasteiger partial charge on any atom is 0.331 e. The Morgan fingerprint density at radius 1 is 1.30 bits per heavy atom. The van der Waals surface area contributed by atoms with Gasteiger partial charge >= 0.3 is 5.97 Å². The van der Waals surface area contributed by atoms with Crippen LogP contribution in [-0.2, 0) is 14.3 Å². The molecule has 1 heterocycles. The molecule has 0 atom stereocenters. The zero-order valence-electron chi connectivity index (χ0n) is 15.1. The first-order chi connectivity index (χ1) is 12.8. The van der Waals surface area contributed by atoms with Gasteiger partial charge in [-0.25, -0.2) is 4.79 Å². The van der Waals surface area contributed by atoms with Crippen LogP contribution in [0.15, 0.2) is 33.3 Å². The first-order valence-electron chi connectivity index (χ1n) is 7.78. The standard InChI is InChI=1S/C17H18ClN3O5S/c1-9(2)26-13-6-11(18)10(5-12(13)24-3)8-19-21-17-20-16(23)14(27-17)7-15(22)25-4/h5-9H,1-4H3,(H,20,21,23)/b14-7+,19-8?. The van der Waals surface area contributed by atoms with Crippen molar-refractivity contribution in [3.63, 3.8) is 0 Å². The van der Waals surface area contributed by atoms with Crippen LogP contribution in [0.2, 0.25) is 5.02 Å². The van der Waals surface area contributed by atoms with Crippen molar-refractivity contribution in [2.75, 3.05) is 14.2 Å². The second-order valence-corrected chi connectivity index (χ2v) is 6.87.